The summed E-state index contributed by atoms with van der Waals surface area (Å²) in [4.78, 5) is 33.8. The third kappa shape index (κ3) is 3.89. The van der Waals surface area contributed by atoms with Gasteiger partial charge in [-0.2, -0.15) is 0 Å². The van der Waals surface area contributed by atoms with E-state index >= 15 is 0 Å². The van der Waals surface area contributed by atoms with Crippen LogP contribution in [0, 0.1) is 0 Å². The van der Waals surface area contributed by atoms with Crippen LogP contribution < -0.4 is 5.32 Å². The summed E-state index contributed by atoms with van der Waals surface area (Å²) in [7, 11) is 0. The minimum Gasteiger partial charge on any atom is -0.480 e. The fourth-order valence-corrected chi connectivity index (χ4v) is 1.79. The Hall–Kier alpha value is -1.82. The van der Waals surface area contributed by atoms with Gasteiger partial charge in [-0.3, -0.25) is 9.59 Å². The zero-order valence-corrected chi connectivity index (χ0v) is 10.6. The number of hydrogen-bond acceptors (Lipinski definition) is 4. The lowest BCUT2D eigenvalue weighted by Gasteiger charge is -2.10. The summed E-state index contributed by atoms with van der Waals surface area (Å²) < 4.78 is 0. The number of aliphatic carboxylic acids is 1. The molecule has 0 aliphatic heterocycles. The van der Waals surface area contributed by atoms with E-state index in [4.69, 9.17) is 5.11 Å². The van der Waals surface area contributed by atoms with Crippen molar-refractivity contribution in [2.75, 3.05) is 6.26 Å². The van der Waals surface area contributed by atoms with Gasteiger partial charge in [0.2, 0.25) is 6.41 Å². The van der Waals surface area contributed by atoms with Gasteiger partial charge in [0.1, 0.15) is 6.04 Å². The largest absolute Gasteiger partial charge is 0.480 e. The first-order chi connectivity index (χ1) is 8.58. The van der Waals surface area contributed by atoms with Crippen molar-refractivity contribution in [3.63, 3.8) is 0 Å². The summed E-state index contributed by atoms with van der Waals surface area (Å²) in [5.74, 6) is -1.54. The van der Waals surface area contributed by atoms with Crippen molar-refractivity contribution >= 4 is 29.9 Å². The van der Waals surface area contributed by atoms with Crippen LogP contribution >= 0.6 is 11.8 Å². The van der Waals surface area contributed by atoms with E-state index in [9.17, 15) is 14.4 Å². The minimum absolute atomic E-state index is 0.257. The van der Waals surface area contributed by atoms with Crippen molar-refractivity contribution < 1.29 is 19.5 Å². The Morgan fingerprint density at radius 3 is 2.44 bits per heavy atom. The number of rotatable bonds is 7. The maximum atomic E-state index is 11.8. The Morgan fingerprint density at radius 1 is 1.39 bits per heavy atom. The van der Waals surface area contributed by atoms with Crippen LogP contribution in [0.4, 0.5) is 0 Å². The van der Waals surface area contributed by atoms with E-state index < -0.39 is 12.0 Å². The third-order valence-electron chi connectivity index (χ3n) is 2.37. The zero-order chi connectivity index (χ0) is 13.5. The van der Waals surface area contributed by atoms with Crippen LogP contribution in [0.1, 0.15) is 16.8 Å². The van der Waals surface area contributed by atoms with Crippen LogP contribution in [0.3, 0.4) is 0 Å². The molecule has 1 amide bonds. The van der Waals surface area contributed by atoms with Crippen molar-refractivity contribution in [3.8, 4) is 0 Å². The highest BCUT2D eigenvalue weighted by Crippen LogP contribution is 2.16. The van der Waals surface area contributed by atoms with Gasteiger partial charge in [-0.05, 0) is 18.4 Å². The van der Waals surface area contributed by atoms with Gasteiger partial charge < -0.3 is 10.4 Å². The molecule has 0 aliphatic carbocycles. The Balaban J connectivity index is 2.73. The molecule has 1 aromatic rings. The second kappa shape index (κ2) is 6.80. The number of carbonyl (C=O) groups is 3. The van der Waals surface area contributed by atoms with Crippen molar-refractivity contribution in [2.24, 2.45) is 0 Å². The number of amides is 1. The predicted molar refractivity (Wildman–Crippen MR) is 67.8 cm³/mol. The van der Waals surface area contributed by atoms with Crippen molar-refractivity contribution in [2.45, 2.75) is 17.4 Å². The molecule has 2 N–H and O–H groups in total. The normalized spacial score (nSPS) is 11.6. The highest BCUT2D eigenvalue weighted by molar-refractivity contribution is 7.98. The van der Waals surface area contributed by atoms with E-state index in [1.165, 1.54) is 0 Å². The molecule has 1 unspecified atom stereocenters. The Labute approximate surface area is 109 Å². The Bertz CT molecular complexity index is 444. The zero-order valence-electron chi connectivity index (χ0n) is 9.75. The van der Waals surface area contributed by atoms with Crippen LogP contribution in [0.15, 0.2) is 29.2 Å². The average Bonchev–Trinajstić information content (AvgIpc) is 2.38. The van der Waals surface area contributed by atoms with Crippen molar-refractivity contribution in [1.82, 2.24) is 5.32 Å². The van der Waals surface area contributed by atoms with Crippen molar-refractivity contribution in [3.05, 3.63) is 29.8 Å². The summed E-state index contributed by atoms with van der Waals surface area (Å²) in [6, 6.07) is 5.69. The Morgan fingerprint density at radius 2 is 2.00 bits per heavy atom. The van der Waals surface area contributed by atoms with E-state index in [0.29, 0.717) is 5.56 Å². The number of carboxylic acid groups (broad SMARTS) is 1. The topological polar surface area (TPSA) is 83.5 Å². The molecule has 0 aliphatic rings. The van der Waals surface area contributed by atoms with Gasteiger partial charge in [-0.15, -0.1) is 11.8 Å². The summed E-state index contributed by atoms with van der Waals surface area (Å²) in [6.45, 7) is 0. The molecule has 5 nitrogen and oxygen atoms in total. The van der Waals surface area contributed by atoms with Crippen LogP contribution in [-0.4, -0.2) is 35.6 Å². The fraction of sp³-hybridized carbons (Fsp3) is 0.250. The molecule has 6 heteroatoms. The first-order valence-corrected chi connectivity index (χ1v) is 6.40. The second-order valence-electron chi connectivity index (χ2n) is 3.53. The minimum atomic E-state index is -1.23. The molecule has 0 aromatic heterocycles. The van der Waals surface area contributed by atoms with Crippen LogP contribution in [0.25, 0.3) is 0 Å². The molecule has 96 valence electrons. The Kier molecular flexibility index (Phi) is 5.38. The second-order valence-corrected chi connectivity index (χ2v) is 4.41. The van der Waals surface area contributed by atoms with E-state index in [0.717, 1.165) is 4.90 Å². The number of Topliss-reactive ketones (excluding diaryl/α,β-unsaturated/α-hetero) is 1. The van der Waals surface area contributed by atoms with Crippen LogP contribution in [0.5, 0.6) is 0 Å². The fourth-order valence-electron chi connectivity index (χ4n) is 1.38. The van der Waals surface area contributed by atoms with Gasteiger partial charge >= 0.3 is 5.97 Å². The van der Waals surface area contributed by atoms with E-state index in [1.807, 2.05) is 6.26 Å². The molecular weight excluding hydrogens is 254 g/mol. The molecule has 1 atom stereocenters. The summed E-state index contributed by atoms with van der Waals surface area (Å²) in [5, 5.41) is 10.9. The van der Waals surface area contributed by atoms with Gasteiger partial charge in [-0.1, -0.05) is 12.1 Å². The number of nitrogens with one attached hydrogen (secondary N) is 1. The maximum Gasteiger partial charge on any atom is 0.326 e. The molecule has 0 radical (unpaired) electrons. The molecule has 18 heavy (non-hydrogen) atoms. The molecule has 1 rings (SSSR count). The quantitative estimate of drug-likeness (QED) is 0.440. The van der Waals surface area contributed by atoms with Crippen LogP contribution in [-0.2, 0) is 9.59 Å². The number of ketones is 1. The van der Waals surface area contributed by atoms with E-state index in [2.05, 4.69) is 5.32 Å². The molecule has 0 saturated heterocycles. The van der Waals surface area contributed by atoms with Crippen molar-refractivity contribution in [1.29, 1.82) is 0 Å². The lowest BCUT2D eigenvalue weighted by atomic mass is 10.0. The molecule has 0 heterocycles. The van der Waals surface area contributed by atoms with Gasteiger partial charge in [0.15, 0.2) is 5.78 Å². The SMILES string of the molecule is CSc1ccc(C(=O)CC(NC=O)C(=O)O)cc1. The third-order valence-corrected chi connectivity index (χ3v) is 3.11. The monoisotopic (exact) mass is 267 g/mol. The highest BCUT2D eigenvalue weighted by Gasteiger charge is 2.20. The molecule has 0 saturated carbocycles. The lowest BCUT2D eigenvalue weighted by Crippen LogP contribution is -2.37. The van der Waals surface area contributed by atoms with E-state index in [-0.39, 0.29) is 18.6 Å². The molecular formula is C12H13NO4S. The molecule has 0 spiro atoms. The molecule has 0 bridgehead atoms. The summed E-state index contributed by atoms with van der Waals surface area (Å²) in [6.07, 6.45) is 1.95. The first kappa shape index (κ1) is 14.2. The van der Waals surface area contributed by atoms with Gasteiger partial charge in [0.05, 0.1) is 0 Å². The number of carboxylic acids is 1. The lowest BCUT2D eigenvalue weighted by molar-refractivity contribution is -0.140. The molecule has 0 fully saturated rings. The number of thioether (sulfide) groups is 1. The summed E-state index contributed by atoms with van der Waals surface area (Å²) in [5.41, 5.74) is 0.437. The average molecular weight is 267 g/mol. The number of hydrogen-bond donors (Lipinski definition) is 2. The van der Waals surface area contributed by atoms with Crippen LogP contribution in [0.2, 0.25) is 0 Å². The summed E-state index contributed by atoms with van der Waals surface area (Å²) >= 11 is 1.55. The number of benzene rings is 1. The number of carbonyl (C=O) groups excluding carboxylic acids is 2. The first-order valence-electron chi connectivity index (χ1n) is 5.18. The van der Waals surface area contributed by atoms with Gasteiger partial charge in [0.25, 0.3) is 0 Å². The smallest absolute Gasteiger partial charge is 0.326 e. The van der Waals surface area contributed by atoms with Gasteiger partial charge in [-0.25, -0.2) is 4.79 Å². The molecule has 1 aromatic carbocycles. The van der Waals surface area contributed by atoms with E-state index in [1.54, 1.807) is 36.0 Å². The predicted octanol–water partition coefficient (Wildman–Crippen LogP) is 1.18. The van der Waals surface area contributed by atoms with Gasteiger partial charge in [0, 0.05) is 16.9 Å². The highest BCUT2D eigenvalue weighted by atomic mass is 32.2. The maximum absolute atomic E-state index is 11.8. The standard InChI is InChI=1S/C12H13NO4S/c1-18-9-4-2-8(3-5-9)11(15)6-10(12(16)17)13-7-14/h2-5,7,10H,6H2,1H3,(H,13,14)(H,16,17).